The quantitative estimate of drug-likeness (QED) is 0.817. The predicted molar refractivity (Wildman–Crippen MR) is 77.7 cm³/mol. The monoisotopic (exact) mass is 260 g/mol. The van der Waals surface area contributed by atoms with Gasteiger partial charge in [0.1, 0.15) is 0 Å². The van der Waals surface area contributed by atoms with Gasteiger partial charge in [-0.2, -0.15) is 0 Å². The Balaban J connectivity index is 1.91. The van der Waals surface area contributed by atoms with Crippen LogP contribution in [0.15, 0.2) is 30.3 Å². The van der Waals surface area contributed by atoms with Crippen LogP contribution in [-0.2, 0) is 11.2 Å². The van der Waals surface area contributed by atoms with Crippen LogP contribution >= 0.6 is 0 Å². The summed E-state index contributed by atoms with van der Waals surface area (Å²) in [6.45, 7) is 3.84. The molecule has 0 unspecified atom stereocenters. The van der Waals surface area contributed by atoms with Gasteiger partial charge in [-0.1, -0.05) is 37.3 Å². The minimum Gasteiger partial charge on any atom is -0.341 e. The molecule has 19 heavy (non-hydrogen) atoms. The van der Waals surface area contributed by atoms with Crippen molar-refractivity contribution in [3.63, 3.8) is 0 Å². The van der Waals surface area contributed by atoms with Crippen LogP contribution in [0.5, 0.6) is 0 Å². The third kappa shape index (κ3) is 4.35. The molecular weight excluding hydrogens is 236 g/mol. The molecular formula is C16H24N2O. The van der Waals surface area contributed by atoms with E-state index in [-0.39, 0.29) is 5.91 Å². The van der Waals surface area contributed by atoms with Crippen molar-refractivity contribution in [1.82, 2.24) is 4.90 Å². The van der Waals surface area contributed by atoms with E-state index in [1.54, 1.807) is 0 Å². The van der Waals surface area contributed by atoms with Gasteiger partial charge < -0.3 is 10.6 Å². The molecule has 2 rings (SSSR count). The first-order valence-electron chi connectivity index (χ1n) is 7.29. The van der Waals surface area contributed by atoms with E-state index in [0.717, 1.165) is 31.0 Å². The van der Waals surface area contributed by atoms with Gasteiger partial charge in [-0.3, -0.25) is 4.79 Å². The normalized spacial score (nSPS) is 16.1. The lowest BCUT2D eigenvalue weighted by molar-refractivity contribution is -0.132. The summed E-state index contributed by atoms with van der Waals surface area (Å²) < 4.78 is 0. The highest BCUT2D eigenvalue weighted by Gasteiger charge is 2.28. The second kappa shape index (κ2) is 6.71. The summed E-state index contributed by atoms with van der Waals surface area (Å²) >= 11 is 0. The van der Waals surface area contributed by atoms with Gasteiger partial charge in [0.25, 0.3) is 0 Å². The highest BCUT2D eigenvalue weighted by molar-refractivity contribution is 5.82. The molecule has 104 valence electrons. The summed E-state index contributed by atoms with van der Waals surface area (Å²) in [6, 6.07) is 9.60. The predicted octanol–water partition coefficient (Wildman–Crippen LogP) is 2.21. The summed E-state index contributed by atoms with van der Waals surface area (Å²) in [4.78, 5) is 14.4. The van der Waals surface area contributed by atoms with Crippen LogP contribution in [0.1, 0.15) is 31.7 Å². The molecule has 0 heterocycles. The van der Waals surface area contributed by atoms with Crippen molar-refractivity contribution in [2.75, 3.05) is 13.1 Å². The Morgan fingerprint density at radius 1 is 1.37 bits per heavy atom. The first-order chi connectivity index (χ1) is 9.20. The number of hydrogen-bond donors (Lipinski definition) is 1. The fourth-order valence-corrected chi connectivity index (χ4v) is 2.36. The number of carbonyl (C=O) groups is 1. The second-order valence-corrected chi connectivity index (χ2v) is 5.52. The van der Waals surface area contributed by atoms with E-state index in [1.807, 2.05) is 35.2 Å². The van der Waals surface area contributed by atoms with E-state index >= 15 is 0 Å². The van der Waals surface area contributed by atoms with Gasteiger partial charge in [0.05, 0.1) is 6.04 Å². The van der Waals surface area contributed by atoms with Gasteiger partial charge in [-0.25, -0.2) is 0 Å². The van der Waals surface area contributed by atoms with Crippen LogP contribution in [0.4, 0.5) is 0 Å². The molecule has 3 nitrogen and oxygen atoms in total. The van der Waals surface area contributed by atoms with E-state index in [2.05, 4.69) is 6.92 Å². The number of rotatable bonds is 7. The highest BCUT2D eigenvalue weighted by Crippen LogP contribution is 2.29. The molecule has 0 aliphatic heterocycles. The first kappa shape index (κ1) is 14.1. The Morgan fingerprint density at radius 2 is 2.05 bits per heavy atom. The molecule has 3 heteroatoms. The fourth-order valence-electron chi connectivity index (χ4n) is 2.36. The van der Waals surface area contributed by atoms with Crippen molar-refractivity contribution in [2.45, 2.75) is 38.6 Å². The summed E-state index contributed by atoms with van der Waals surface area (Å²) in [6.07, 6.45) is 4.16. The zero-order valence-corrected chi connectivity index (χ0v) is 11.7. The molecule has 1 amide bonds. The molecule has 1 aliphatic carbocycles. The van der Waals surface area contributed by atoms with Gasteiger partial charge in [0.2, 0.25) is 5.91 Å². The topological polar surface area (TPSA) is 46.3 Å². The molecule has 0 spiro atoms. The van der Waals surface area contributed by atoms with Gasteiger partial charge in [0, 0.05) is 13.1 Å². The van der Waals surface area contributed by atoms with Crippen LogP contribution in [0.25, 0.3) is 0 Å². The van der Waals surface area contributed by atoms with E-state index in [1.165, 1.54) is 12.8 Å². The number of nitrogens with two attached hydrogens (primary N) is 1. The molecule has 1 saturated carbocycles. The van der Waals surface area contributed by atoms with Crippen LogP contribution < -0.4 is 5.73 Å². The molecule has 1 aromatic carbocycles. The van der Waals surface area contributed by atoms with Crippen LogP contribution in [0.2, 0.25) is 0 Å². The molecule has 0 aromatic heterocycles. The van der Waals surface area contributed by atoms with Crippen molar-refractivity contribution >= 4 is 5.91 Å². The maximum atomic E-state index is 12.4. The van der Waals surface area contributed by atoms with Crippen molar-refractivity contribution in [3.05, 3.63) is 35.9 Å². The molecule has 1 atom stereocenters. The van der Waals surface area contributed by atoms with E-state index in [9.17, 15) is 4.79 Å². The highest BCUT2D eigenvalue weighted by atomic mass is 16.2. The average molecular weight is 260 g/mol. The Bertz CT molecular complexity index is 400. The molecule has 1 fully saturated rings. The van der Waals surface area contributed by atoms with E-state index in [4.69, 9.17) is 5.73 Å². The molecule has 2 N–H and O–H groups in total. The standard InChI is InChI=1S/C16H24N2O/c1-2-10-18(12-14-8-9-14)16(19)15(17)11-13-6-4-3-5-7-13/h3-7,14-15H,2,8-12,17H2,1H3/t15-/m0/s1. The fraction of sp³-hybridized carbons (Fsp3) is 0.562. The summed E-state index contributed by atoms with van der Waals surface area (Å²) in [5.74, 6) is 0.831. The minimum atomic E-state index is -0.410. The smallest absolute Gasteiger partial charge is 0.239 e. The first-order valence-corrected chi connectivity index (χ1v) is 7.29. The van der Waals surface area contributed by atoms with Crippen molar-refractivity contribution in [3.8, 4) is 0 Å². The molecule has 0 bridgehead atoms. The van der Waals surface area contributed by atoms with Gasteiger partial charge in [0.15, 0.2) is 0 Å². The number of amides is 1. The lowest BCUT2D eigenvalue weighted by atomic mass is 10.1. The second-order valence-electron chi connectivity index (χ2n) is 5.52. The average Bonchev–Trinajstić information content (AvgIpc) is 3.22. The Morgan fingerprint density at radius 3 is 2.63 bits per heavy atom. The SMILES string of the molecule is CCCN(CC1CC1)C(=O)[C@@H](N)Cc1ccccc1. The number of hydrogen-bond acceptors (Lipinski definition) is 2. The molecule has 1 aliphatic rings. The van der Waals surface area contributed by atoms with Crippen LogP contribution in [-0.4, -0.2) is 29.9 Å². The maximum absolute atomic E-state index is 12.4. The number of carbonyl (C=O) groups excluding carboxylic acids is 1. The van der Waals surface area contributed by atoms with Crippen molar-refractivity contribution in [2.24, 2.45) is 11.7 Å². The third-order valence-electron chi connectivity index (χ3n) is 3.60. The summed E-state index contributed by atoms with van der Waals surface area (Å²) in [5.41, 5.74) is 7.22. The number of benzene rings is 1. The number of nitrogens with zero attached hydrogens (tertiary/aromatic N) is 1. The lowest BCUT2D eigenvalue weighted by Gasteiger charge is -2.25. The summed E-state index contributed by atoms with van der Waals surface area (Å²) in [5, 5.41) is 0. The van der Waals surface area contributed by atoms with Gasteiger partial charge in [-0.15, -0.1) is 0 Å². The maximum Gasteiger partial charge on any atom is 0.239 e. The van der Waals surface area contributed by atoms with Gasteiger partial charge >= 0.3 is 0 Å². The van der Waals surface area contributed by atoms with Crippen LogP contribution in [0, 0.1) is 5.92 Å². The van der Waals surface area contributed by atoms with Crippen molar-refractivity contribution < 1.29 is 4.79 Å². The van der Waals surface area contributed by atoms with Gasteiger partial charge in [-0.05, 0) is 37.2 Å². The minimum absolute atomic E-state index is 0.109. The van der Waals surface area contributed by atoms with Crippen molar-refractivity contribution in [1.29, 1.82) is 0 Å². The third-order valence-corrected chi connectivity index (χ3v) is 3.60. The Hall–Kier alpha value is -1.35. The molecule has 0 saturated heterocycles. The van der Waals surface area contributed by atoms with Crippen LogP contribution in [0.3, 0.4) is 0 Å². The van der Waals surface area contributed by atoms with E-state index in [0.29, 0.717) is 6.42 Å². The summed E-state index contributed by atoms with van der Waals surface area (Å²) in [7, 11) is 0. The molecule has 1 aromatic rings. The largest absolute Gasteiger partial charge is 0.341 e. The Labute approximate surface area is 115 Å². The molecule has 0 radical (unpaired) electrons. The van der Waals surface area contributed by atoms with E-state index < -0.39 is 6.04 Å². The lowest BCUT2D eigenvalue weighted by Crippen LogP contribution is -2.46. The zero-order chi connectivity index (χ0) is 13.7. The Kier molecular flexibility index (Phi) is 4.97. The zero-order valence-electron chi connectivity index (χ0n) is 11.7.